The molecule has 0 radical (unpaired) electrons. The van der Waals surface area contributed by atoms with Gasteiger partial charge in [0.15, 0.2) is 0 Å². The summed E-state index contributed by atoms with van der Waals surface area (Å²) in [4.78, 5) is 15.4. The highest BCUT2D eigenvalue weighted by Crippen LogP contribution is 2.51. The Kier molecular flexibility index (Phi) is 2.96. The number of nitrogens with one attached hydrogen (secondary N) is 2. The first-order chi connectivity index (χ1) is 9.52. The van der Waals surface area contributed by atoms with E-state index in [4.69, 9.17) is 5.73 Å². The van der Waals surface area contributed by atoms with E-state index in [-0.39, 0.29) is 5.91 Å². The van der Waals surface area contributed by atoms with Gasteiger partial charge in [0.2, 0.25) is 0 Å². The van der Waals surface area contributed by atoms with E-state index in [9.17, 15) is 4.79 Å². The lowest BCUT2D eigenvalue weighted by Gasteiger charge is -2.19. The normalized spacial score (nSPS) is 16.6. The Bertz CT molecular complexity index is 653. The fraction of sp³-hybridized carbons (Fsp3) is 0.438. The second-order valence-corrected chi connectivity index (χ2v) is 6.21. The molecule has 1 aliphatic carbocycles. The van der Waals surface area contributed by atoms with Gasteiger partial charge in [0, 0.05) is 29.3 Å². The van der Waals surface area contributed by atoms with Crippen LogP contribution in [-0.4, -0.2) is 17.4 Å². The summed E-state index contributed by atoms with van der Waals surface area (Å²) in [5.74, 6) is 0.610. The molecule has 1 aliphatic rings. The Morgan fingerprint density at radius 3 is 2.85 bits per heavy atom. The van der Waals surface area contributed by atoms with Gasteiger partial charge in [-0.1, -0.05) is 13.8 Å². The van der Waals surface area contributed by atoms with Crippen molar-refractivity contribution >= 4 is 22.5 Å². The number of hydrogen-bond acceptors (Lipinski definition) is 2. The summed E-state index contributed by atoms with van der Waals surface area (Å²) in [6.45, 7) is 5.23. The number of nitrogens with two attached hydrogens (primary N) is 1. The fourth-order valence-electron chi connectivity index (χ4n) is 2.80. The molecule has 4 N–H and O–H groups in total. The Balaban J connectivity index is 1.76. The number of nitrogen functional groups attached to an aromatic ring is 1. The van der Waals surface area contributed by atoms with Crippen molar-refractivity contribution in [2.75, 3.05) is 12.3 Å². The van der Waals surface area contributed by atoms with Crippen LogP contribution in [-0.2, 0) is 0 Å². The molecule has 0 spiro atoms. The van der Waals surface area contributed by atoms with Gasteiger partial charge in [-0.2, -0.15) is 0 Å². The van der Waals surface area contributed by atoms with E-state index >= 15 is 0 Å². The third kappa shape index (κ3) is 2.15. The first-order valence-electron chi connectivity index (χ1n) is 7.17. The van der Waals surface area contributed by atoms with E-state index in [1.165, 1.54) is 12.8 Å². The molecule has 1 fully saturated rings. The topological polar surface area (TPSA) is 70.9 Å². The molecule has 1 amide bonds. The molecule has 0 atom stereocenters. The third-order valence-corrected chi connectivity index (χ3v) is 4.67. The molecule has 0 saturated heterocycles. The van der Waals surface area contributed by atoms with E-state index in [1.807, 2.05) is 18.2 Å². The standard InChI is InChI=1S/C16H21N3O/c1-10(2)16(5-6-16)9-19-15(20)13-8-18-14-7-11(17)3-4-12(13)14/h3-4,7-8,10,18H,5-6,9,17H2,1-2H3,(H,19,20). The number of amides is 1. The quantitative estimate of drug-likeness (QED) is 0.748. The molecule has 1 aromatic heterocycles. The summed E-state index contributed by atoms with van der Waals surface area (Å²) in [5.41, 5.74) is 8.37. The number of carbonyl (C=O) groups is 1. The van der Waals surface area contributed by atoms with Gasteiger partial charge in [-0.15, -0.1) is 0 Å². The van der Waals surface area contributed by atoms with Gasteiger partial charge < -0.3 is 16.0 Å². The lowest BCUT2D eigenvalue weighted by molar-refractivity contribution is 0.0941. The van der Waals surface area contributed by atoms with E-state index in [2.05, 4.69) is 24.1 Å². The number of aromatic amines is 1. The first kappa shape index (κ1) is 13.0. The predicted molar refractivity (Wildman–Crippen MR) is 81.5 cm³/mol. The Hall–Kier alpha value is -1.97. The van der Waals surface area contributed by atoms with Crippen LogP contribution in [0.25, 0.3) is 10.9 Å². The second kappa shape index (κ2) is 4.54. The van der Waals surface area contributed by atoms with Gasteiger partial charge in [-0.05, 0) is 42.4 Å². The van der Waals surface area contributed by atoms with Crippen LogP contribution in [0.15, 0.2) is 24.4 Å². The molecule has 2 aromatic rings. The summed E-state index contributed by atoms with van der Waals surface area (Å²) in [6.07, 6.45) is 4.19. The summed E-state index contributed by atoms with van der Waals surface area (Å²) in [6, 6.07) is 5.57. The molecule has 1 heterocycles. The van der Waals surface area contributed by atoms with Crippen LogP contribution in [0, 0.1) is 11.3 Å². The van der Waals surface area contributed by atoms with Crippen LogP contribution in [0.3, 0.4) is 0 Å². The fourth-order valence-corrected chi connectivity index (χ4v) is 2.80. The van der Waals surface area contributed by atoms with Crippen LogP contribution in [0.1, 0.15) is 37.0 Å². The van der Waals surface area contributed by atoms with Gasteiger partial charge in [0.05, 0.1) is 5.56 Å². The molecule has 1 aromatic carbocycles. The van der Waals surface area contributed by atoms with Gasteiger partial charge in [0.1, 0.15) is 0 Å². The summed E-state index contributed by atoms with van der Waals surface area (Å²) in [5, 5.41) is 4.01. The third-order valence-electron chi connectivity index (χ3n) is 4.67. The molecule has 0 aliphatic heterocycles. The van der Waals surface area contributed by atoms with E-state index in [1.54, 1.807) is 6.20 Å². The molecule has 0 bridgehead atoms. The largest absolute Gasteiger partial charge is 0.399 e. The smallest absolute Gasteiger partial charge is 0.253 e. The van der Waals surface area contributed by atoms with Crippen molar-refractivity contribution in [2.24, 2.45) is 11.3 Å². The molecule has 0 unspecified atom stereocenters. The van der Waals surface area contributed by atoms with Crippen molar-refractivity contribution in [1.82, 2.24) is 10.3 Å². The van der Waals surface area contributed by atoms with Crippen molar-refractivity contribution in [2.45, 2.75) is 26.7 Å². The highest BCUT2D eigenvalue weighted by atomic mass is 16.1. The zero-order chi connectivity index (χ0) is 14.3. The maximum Gasteiger partial charge on any atom is 0.253 e. The number of rotatable bonds is 4. The van der Waals surface area contributed by atoms with Crippen LogP contribution >= 0.6 is 0 Å². The predicted octanol–water partition coefficient (Wildman–Crippen LogP) is 2.92. The summed E-state index contributed by atoms with van der Waals surface area (Å²) in [7, 11) is 0. The van der Waals surface area contributed by atoms with E-state index in [0.29, 0.717) is 22.6 Å². The van der Waals surface area contributed by atoms with Gasteiger partial charge in [0.25, 0.3) is 5.91 Å². The Labute approximate surface area is 118 Å². The highest BCUT2D eigenvalue weighted by Gasteiger charge is 2.45. The van der Waals surface area contributed by atoms with Crippen molar-refractivity contribution in [3.05, 3.63) is 30.0 Å². The number of fused-ring (bicyclic) bond motifs is 1. The number of H-pyrrole nitrogens is 1. The molecule has 20 heavy (non-hydrogen) atoms. The van der Waals surface area contributed by atoms with Crippen LogP contribution in [0.2, 0.25) is 0 Å². The number of anilines is 1. The molecule has 3 rings (SSSR count). The van der Waals surface area contributed by atoms with Crippen molar-refractivity contribution in [3.8, 4) is 0 Å². The average molecular weight is 271 g/mol. The minimum absolute atomic E-state index is 0.00653. The lowest BCUT2D eigenvalue weighted by Crippen LogP contribution is -2.32. The maximum absolute atomic E-state index is 12.3. The molecule has 1 saturated carbocycles. The summed E-state index contributed by atoms with van der Waals surface area (Å²) < 4.78 is 0. The van der Waals surface area contributed by atoms with E-state index < -0.39 is 0 Å². The SMILES string of the molecule is CC(C)C1(CNC(=O)c2c[nH]c3cc(N)ccc23)CC1. The van der Waals surface area contributed by atoms with Crippen molar-refractivity contribution in [3.63, 3.8) is 0 Å². The molecule has 106 valence electrons. The van der Waals surface area contributed by atoms with E-state index in [0.717, 1.165) is 17.4 Å². The van der Waals surface area contributed by atoms with Crippen LogP contribution < -0.4 is 11.1 Å². The van der Waals surface area contributed by atoms with Gasteiger partial charge >= 0.3 is 0 Å². The van der Waals surface area contributed by atoms with Crippen molar-refractivity contribution < 1.29 is 4.79 Å². The number of benzene rings is 1. The van der Waals surface area contributed by atoms with Crippen molar-refractivity contribution in [1.29, 1.82) is 0 Å². The lowest BCUT2D eigenvalue weighted by atomic mass is 9.92. The summed E-state index contributed by atoms with van der Waals surface area (Å²) >= 11 is 0. The highest BCUT2D eigenvalue weighted by molar-refractivity contribution is 6.07. The monoisotopic (exact) mass is 271 g/mol. The maximum atomic E-state index is 12.3. The number of aromatic nitrogens is 1. The average Bonchev–Trinajstić information content (AvgIpc) is 3.10. The zero-order valence-electron chi connectivity index (χ0n) is 12.0. The Morgan fingerprint density at radius 1 is 1.45 bits per heavy atom. The molecule has 4 heteroatoms. The Morgan fingerprint density at radius 2 is 2.20 bits per heavy atom. The second-order valence-electron chi connectivity index (χ2n) is 6.21. The van der Waals surface area contributed by atoms with Gasteiger partial charge in [-0.3, -0.25) is 4.79 Å². The minimum atomic E-state index is -0.00653. The molecular formula is C16H21N3O. The van der Waals surface area contributed by atoms with Crippen LogP contribution in [0.5, 0.6) is 0 Å². The minimum Gasteiger partial charge on any atom is -0.399 e. The van der Waals surface area contributed by atoms with Crippen LogP contribution in [0.4, 0.5) is 5.69 Å². The first-order valence-corrected chi connectivity index (χ1v) is 7.17. The molecule has 4 nitrogen and oxygen atoms in total. The number of carbonyl (C=O) groups excluding carboxylic acids is 1. The molecular weight excluding hydrogens is 250 g/mol. The van der Waals surface area contributed by atoms with Gasteiger partial charge in [-0.25, -0.2) is 0 Å². The zero-order valence-corrected chi connectivity index (χ0v) is 12.0. The number of hydrogen-bond donors (Lipinski definition) is 3.